The van der Waals surface area contributed by atoms with Gasteiger partial charge in [-0.1, -0.05) is 19.9 Å². The zero-order valence-corrected chi connectivity index (χ0v) is 16.2. The Morgan fingerprint density at radius 2 is 2.17 bits per heavy atom. The number of carbonyl (C=O) groups is 1. The van der Waals surface area contributed by atoms with E-state index in [0.29, 0.717) is 6.54 Å². The van der Waals surface area contributed by atoms with Gasteiger partial charge in [-0.2, -0.15) is 5.26 Å². The van der Waals surface area contributed by atoms with E-state index in [4.69, 9.17) is 4.74 Å². The second kappa shape index (κ2) is 8.95. The first kappa shape index (κ1) is 20.3. The number of methoxy groups -OCH3 is 1. The molecule has 0 spiro atoms. The number of rotatable bonds is 8. The van der Waals surface area contributed by atoms with Gasteiger partial charge in [0.05, 0.1) is 19.7 Å². The van der Waals surface area contributed by atoms with Crippen molar-refractivity contribution in [3.05, 3.63) is 23.8 Å². The van der Waals surface area contributed by atoms with Crippen molar-refractivity contribution in [3.8, 4) is 11.8 Å². The summed E-state index contributed by atoms with van der Waals surface area (Å²) in [6.45, 7) is 6.46. The maximum absolute atomic E-state index is 12.2. The molecule has 5 nitrogen and oxygen atoms in total. The summed E-state index contributed by atoms with van der Waals surface area (Å²) in [5.41, 5.74) is 0.230. The lowest BCUT2D eigenvalue weighted by Gasteiger charge is -2.28. The van der Waals surface area contributed by atoms with Gasteiger partial charge in [-0.3, -0.25) is 9.69 Å². The predicted octanol–water partition coefficient (Wildman–Crippen LogP) is 2.90. The molecular weight excluding hydrogens is 322 g/mol. The van der Waals surface area contributed by atoms with Crippen LogP contribution in [0.25, 0.3) is 0 Å². The number of likely N-dealkylation sites (N-methyl/N-ethyl adjacent to an activating group) is 1. The Kier molecular flexibility index (Phi) is 7.59. The number of carbonyl (C=O) groups excluding carboxylic acids is 1. The molecule has 0 bridgehead atoms. The normalized spacial score (nSPS) is 13.5. The molecule has 0 aromatic heterocycles. The molecule has 1 atom stereocenters. The zero-order chi connectivity index (χ0) is 18.3. The zero-order valence-electron chi connectivity index (χ0n) is 15.3. The number of thioether (sulfide) groups is 1. The van der Waals surface area contributed by atoms with Gasteiger partial charge in [-0.15, -0.1) is 11.8 Å². The molecule has 1 aromatic rings. The molecule has 0 unspecified atom stereocenters. The van der Waals surface area contributed by atoms with E-state index >= 15 is 0 Å². The van der Waals surface area contributed by atoms with Gasteiger partial charge < -0.3 is 10.1 Å². The fraction of sp³-hybridized carbons (Fsp3) is 0.556. The Bertz CT molecular complexity index is 613. The van der Waals surface area contributed by atoms with Gasteiger partial charge in [0.2, 0.25) is 5.91 Å². The van der Waals surface area contributed by atoms with Crippen LogP contribution >= 0.6 is 11.8 Å². The lowest BCUT2D eigenvalue weighted by atomic mass is 9.90. The average molecular weight is 350 g/mol. The molecule has 0 heterocycles. The number of hydrogen-bond acceptors (Lipinski definition) is 5. The molecule has 0 aliphatic carbocycles. The van der Waals surface area contributed by atoms with Crippen LogP contribution in [-0.2, 0) is 11.3 Å². The fourth-order valence-electron chi connectivity index (χ4n) is 2.22. The molecule has 24 heavy (non-hydrogen) atoms. The van der Waals surface area contributed by atoms with Crippen molar-refractivity contribution in [2.24, 2.45) is 5.92 Å². The van der Waals surface area contributed by atoms with Gasteiger partial charge in [-0.25, -0.2) is 0 Å². The van der Waals surface area contributed by atoms with Crippen LogP contribution in [0.15, 0.2) is 23.1 Å². The summed E-state index contributed by atoms with van der Waals surface area (Å²) in [4.78, 5) is 15.2. The molecule has 0 aliphatic rings. The molecule has 0 radical (unpaired) electrons. The Labute approximate surface area is 149 Å². The summed E-state index contributed by atoms with van der Waals surface area (Å²) in [7, 11) is 3.54. The smallest absolute Gasteiger partial charge is 0.235 e. The summed E-state index contributed by atoms with van der Waals surface area (Å²) in [6, 6.07) is 8.25. The van der Waals surface area contributed by atoms with Gasteiger partial charge >= 0.3 is 0 Å². The molecule has 132 valence electrons. The molecule has 1 N–H and O–H groups in total. The van der Waals surface area contributed by atoms with Crippen LogP contribution in [0.2, 0.25) is 0 Å². The fourth-order valence-corrected chi connectivity index (χ4v) is 2.77. The number of nitrogens with zero attached hydrogens (tertiary/aromatic N) is 2. The summed E-state index contributed by atoms with van der Waals surface area (Å²) in [5.74, 6) is 0.734. The van der Waals surface area contributed by atoms with E-state index in [0.717, 1.165) is 16.2 Å². The molecular formula is C18H27N3O2S. The van der Waals surface area contributed by atoms with Gasteiger partial charge in [0, 0.05) is 11.4 Å². The molecule has 6 heteroatoms. The van der Waals surface area contributed by atoms with E-state index in [1.165, 1.54) is 0 Å². The Hall–Kier alpha value is -1.71. The number of ether oxygens (including phenoxy) is 1. The van der Waals surface area contributed by atoms with Crippen LogP contribution in [0.3, 0.4) is 0 Å². The third-order valence-electron chi connectivity index (χ3n) is 4.10. The van der Waals surface area contributed by atoms with E-state index in [1.54, 1.807) is 25.8 Å². The summed E-state index contributed by atoms with van der Waals surface area (Å²) in [5, 5.41) is 12.1. The highest BCUT2D eigenvalue weighted by molar-refractivity contribution is 7.98. The quantitative estimate of drug-likeness (QED) is 0.731. The van der Waals surface area contributed by atoms with E-state index in [2.05, 4.69) is 11.4 Å². The van der Waals surface area contributed by atoms with Gasteiger partial charge in [0.25, 0.3) is 0 Å². The van der Waals surface area contributed by atoms with Crippen LogP contribution in [0, 0.1) is 17.2 Å². The van der Waals surface area contributed by atoms with Crippen LogP contribution in [0.4, 0.5) is 0 Å². The van der Waals surface area contributed by atoms with Crippen molar-refractivity contribution in [2.75, 3.05) is 27.0 Å². The first-order chi connectivity index (χ1) is 11.3. The van der Waals surface area contributed by atoms with Gasteiger partial charge in [0.15, 0.2) is 0 Å². The number of nitrogens with one attached hydrogen (secondary N) is 1. The largest absolute Gasteiger partial charge is 0.496 e. The summed E-state index contributed by atoms with van der Waals surface area (Å²) < 4.78 is 5.39. The second-order valence-electron chi connectivity index (χ2n) is 6.38. The van der Waals surface area contributed by atoms with Crippen molar-refractivity contribution >= 4 is 17.7 Å². The topological polar surface area (TPSA) is 65.4 Å². The van der Waals surface area contributed by atoms with Crippen LogP contribution in [0.5, 0.6) is 5.75 Å². The summed E-state index contributed by atoms with van der Waals surface area (Å²) in [6.07, 6.45) is 2.01. The number of hydrogen-bond donors (Lipinski definition) is 1. The van der Waals surface area contributed by atoms with Crippen molar-refractivity contribution in [1.29, 1.82) is 5.26 Å². The highest BCUT2D eigenvalue weighted by Gasteiger charge is 2.30. The molecule has 0 saturated heterocycles. The SMILES string of the molecule is COc1cc(CN(C)CC(=O)N[C@](C)(C#N)C(C)C)ccc1SC. The van der Waals surface area contributed by atoms with Crippen molar-refractivity contribution in [1.82, 2.24) is 10.2 Å². The molecule has 0 saturated carbocycles. The van der Waals surface area contributed by atoms with Crippen molar-refractivity contribution < 1.29 is 9.53 Å². The maximum Gasteiger partial charge on any atom is 0.235 e. The molecule has 1 aromatic carbocycles. The minimum atomic E-state index is -0.846. The van der Waals surface area contributed by atoms with Crippen molar-refractivity contribution in [2.45, 2.75) is 37.8 Å². The molecule has 1 amide bonds. The average Bonchev–Trinajstić information content (AvgIpc) is 2.53. The van der Waals surface area contributed by atoms with Gasteiger partial charge in [0.1, 0.15) is 11.3 Å². The minimum Gasteiger partial charge on any atom is -0.496 e. The lowest BCUT2D eigenvalue weighted by Crippen LogP contribution is -2.51. The van der Waals surface area contributed by atoms with E-state index in [1.807, 2.05) is 50.2 Å². The van der Waals surface area contributed by atoms with Crippen LogP contribution in [0.1, 0.15) is 26.3 Å². The third kappa shape index (κ3) is 5.43. The van der Waals surface area contributed by atoms with Crippen LogP contribution < -0.4 is 10.1 Å². The Morgan fingerprint density at radius 1 is 1.50 bits per heavy atom. The molecule has 1 rings (SSSR count). The standard InChI is InChI=1S/C18H27N3O2S/c1-13(2)18(3,12-19)20-17(22)11-21(4)10-14-7-8-16(24-6)15(9-14)23-5/h7-9,13H,10-11H2,1-6H3,(H,20,22)/t18-/m1/s1. The second-order valence-corrected chi connectivity index (χ2v) is 7.23. The van der Waals surface area contributed by atoms with Crippen molar-refractivity contribution in [3.63, 3.8) is 0 Å². The highest BCUT2D eigenvalue weighted by Crippen LogP contribution is 2.28. The number of amides is 1. The first-order valence-corrected chi connectivity index (χ1v) is 9.10. The Balaban J connectivity index is 2.68. The number of benzene rings is 1. The monoisotopic (exact) mass is 349 g/mol. The summed E-state index contributed by atoms with van der Waals surface area (Å²) >= 11 is 1.64. The molecule has 0 aliphatic heterocycles. The van der Waals surface area contributed by atoms with E-state index in [-0.39, 0.29) is 18.4 Å². The predicted molar refractivity (Wildman–Crippen MR) is 98.1 cm³/mol. The maximum atomic E-state index is 12.2. The highest BCUT2D eigenvalue weighted by atomic mass is 32.2. The van der Waals surface area contributed by atoms with E-state index < -0.39 is 5.54 Å². The third-order valence-corrected chi connectivity index (χ3v) is 4.88. The lowest BCUT2D eigenvalue weighted by molar-refractivity contribution is -0.123. The number of nitriles is 1. The Morgan fingerprint density at radius 3 is 2.67 bits per heavy atom. The van der Waals surface area contributed by atoms with Crippen LogP contribution in [-0.4, -0.2) is 43.3 Å². The first-order valence-electron chi connectivity index (χ1n) is 7.87. The van der Waals surface area contributed by atoms with E-state index in [9.17, 15) is 10.1 Å². The minimum absolute atomic E-state index is 0.0418. The molecule has 0 fully saturated rings. The van der Waals surface area contributed by atoms with Gasteiger partial charge in [-0.05, 0) is 43.8 Å².